The molecule has 0 heterocycles. The van der Waals surface area contributed by atoms with Crippen molar-refractivity contribution < 1.29 is 27.0 Å². The first kappa shape index (κ1) is 22.7. The molecule has 0 unspecified atom stereocenters. The van der Waals surface area contributed by atoms with Crippen LogP contribution in [0.4, 0.5) is 10.1 Å². The Kier molecular flexibility index (Phi) is 6.92. The summed E-state index contributed by atoms with van der Waals surface area (Å²) in [6, 6.07) is 15.1. The fourth-order valence-electron chi connectivity index (χ4n) is 3.00. The maximum atomic E-state index is 13.6. The second kappa shape index (κ2) is 9.45. The summed E-state index contributed by atoms with van der Waals surface area (Å²) in [5, 5.41) is -0.283. The maximum Gasteiger partial charge on any atom is 0.264 e. The molecule has 3 aromatic carbocycles. The van der Waals surface area contributed by atoms with Gasteiger partial charge in [-0.25, -0.2) is 12.8 Å². The summed E-state index contributed by atoms with van der Waals surface area (Å²) in [6.07, 6.45) is 0. The molecule has 3 aromatic rings. The minimum atomic E-state index is -4.11. The van der Waals surface area contributed by atoms with Crippen molar-refractivity contribution in [2.75, 3.05) is 25.6 Å². The van der Waals surface area contributed by atoms with Gasteiger partial charge in [0.25, 0.3) is 10.0 Å². The molecule has 0 saturated heterocycles. The number of rotatable bonds is 8. The molecule has 0 atom stereocenters. The Hall–Kier alpha value is -2.97. The molecule has 0 spiro atoms. The van der Waals surface area contributed by atoms with E-state index in [4.69, 9.17) is 25.8 Å². The minimum absolute atomic E-state index is 0.00991. The minimum Gasteiger partial charge on any atom is -0.497 e. The first-order valence-electron chi connectivity index (χ1n) is 9.13. The predicted octanol–water partition coefficient (Wildman–Crippen LogP) is 4.90. The highest BCUT2D eigenvalue weighted by molar-refractivity contribution is 7.92. The van der Waals surface area contributed by atoms with E-state index in [9.17, 15) is 12.8 Å². The average molecular weight is 466 g/mol. The fraction of sp³-hybridized carbons (Fsp3) is 0.182. The molecule has 0 aromatic heterocycles. The van der Waals surface area contributed by atoms with E-state index in [2.05, 4.69) is 0 Å². The lowest BCUT2D eigenvalue weighted by Crippen LogP contribution is -2.30. The van der Waals surface area contributed by atoms with Crippen LogP contribution in [0.15, 0.2) is 65.6 Å². The van der Waals surface area contributed by atoms with E-state index in [-0.39, 0.29) is 16.5 Å². The SMILES string of the molecule is COc1cccc(CN(c2ccc(OC)c(OC)c2)S(=O)(=O)c2ccc(F)c(Cl)c2)c1. The quantitative estimate of drug-likeness (QED) is 0.473. The summed E-state index contributed by atoms with van der Waals surface area (Å²) in [5.41, 5.74) is 1.02. The fourth-order valence-corrected chi connectivity index (χ4v) is 4.71. The monoisotopic (exact) mass is 465 g/mol. The number of ether oxygens (including phenoxy) is 3. The molecule has 0 radical (unpaired) electrons. The molecule has 164 valence electrons. The zero-order valence-electron chi connectivity index (χ0n) is 17.1. The molecule has 6 nitrogen and oxygen atoms in total. The van der Waals surface area contributed by atoms with Crippen molar-refractivity contribution in [1.82, 2.24) is 0 Å². The second-order valence-electron chi connectivity index (χ2n) is 6.48. The molecule has 0 aliphatic rings. The van der Waals surface area contributed by atoms with Gasteiger partial charge in [-0.1, -0.05) is 23.7 Å². The van der Waals surface area contributed by atoms with Crippen LogP contribution in [-0.4, -0.2) is 29.7 Å². The van der Waals surface area contributed by atoms with Crippen molar-refractivity contribution >= 4 is 27.3 Å². The number of sulfonamides is 1. The average Bonchev–Trinajstić information content (AvgIpc) is 2.78. The predicted molar refractivity (Wildman–Crippen MR) is 117 cm³/mol. The molecule has 31 heavy (non-hydrogen) atoms. The van der Waals surface area contributed by atoms with Gasteiger partial charge in [0, 0.05) is 6.07 Å². The highest BCUT2D eigenvalue weighted by Gasteiger charge is 2.27. The Morgan fingerprint density at radius 1 is 0.903 bits per heavy atom. The zero-order valence-corrected chi connectivity index (χ0v) is 18.7. The summed E-state index contributed by atoms with van der Waals surface area (Å²) in [6.45, 7) is -0.00991. The van der Waals surface area contributed by atoms with E-state index < -0.39 is 15.8 Å². The maximum absolute atomic E-state index is 13.6. The van der Waals surface area contributed by atoms with Gasteiger partial charge >= 0.3 is 0 Å². The van der Waals surface area contributed by atoms with Crippen LogP contribution in [0.5, 0.6) is 17.2 Å². The van der Waals surface area contributed by atoms with Crippen LogP contribution in [0, 0.1) is 5.82 Å². The van der Waals surface area contributed by atoms with Gasteiger partial charge in [0.05, 0.1) is 43.5 Å². The lowest BCUT2D eigenvalue weighted by molar-refractivity contribution is 0.355. The van der Waals surface area contributed by atoms with E-state index in [1.807, 2.05) is 0 Å². The van der Waals surface area contributed by atoms with E-state index in [1.165, 1.54) is 31.7 Å². The van der Waals surface area contributed by atoms with E-state index in [1.54, 1.807) is 42.5 Å². The van der Waals surface area contributed by atoms with Gasteiger partial charge in [0.2, 0.25) is 0 Å². The summed E-state index contributed by atoms with van der Waals surface area (Å²) in [5.74, 6) is 0.704. The number of halogens is 2. The lowest BCUT2D eigenvalue weighted by Gasteiger charge is -2.26. The van der Waals surface area contributed by atoms with Gasteiger partial charge in [-0.2, -0.15) is 0 Å². The van der Waals surface area contributed by atoms with E-state index >= 15 is 0 Å². The number of methoxy groups -OCH3 is 3. The molecule has 3 rings (SSSR count). The molecular weight excluding hydrogens is 445 g/mol. The van der Waals surface area contributed by atoms with Gasteiger partial charge in [-0.3, -0.25) is 4.31 Å². The number of benzene rings is 3. The second-order valence-corrected chi connectivity index (χ2v) is 8.75. The highest BCUT2D eigenvalue weighted by atomic mass is 35.5. The van der Waals surface area contributed by atoms with Crippen LogP contribution >= 0.6 is 11.6 Å². The highest BCUT2D eigenvalue weighted by Crippen LogP contribution is 2.35. The molecule has 0 aliphatic carbocycles. The molecule has 0 N–H and O–H groups in total. The molecule has 0 aliphatic heterocycles. The van der Waals surface area contributed by atoms with Crippen molar-refractivity contribution in [3.05, 3.63) is 77.1 Å². The Morgan fingerprint density at radius 3 is 2.29 bits per heavy atom. The summed E-state index contributed by atoms with van der Waals surface area (Å²) in [4.78, 5) is -0.142. The Morgan fingerprint density at radius 2 is 1.65 bits per heavy atom. The van der Waals surface area contributed by atoms with E-state index in [0.717, 1.165) is 12.1 Å². The number of hydrogen-bond donors (Lipinski definition) is 0. The van der Waals surface area contributed by atoms with Crippen LogP contribution in [0.2, 0.25) is 5.02 Å². The normalized spacial score (nSPS) is 11.1. The number of anilines is 1. The van der Waals surface area contributed by atoms with Gasteiger partial charge in [-0.05, 0) is 48.0 Å². The molecule has 0 bridgehead atoms. The van der Waals surface area contributed by atoms with Crippen molar-refractivity contribution in [3.63, 3.8) is 0 Å². The Balaban J connectivity index is 2.14. The van der Waals surface area contributed by atoms with Crippen LogP contribution in [0.3, 0.4) is 0 Å². The Labute approximate surface area is 185 Å². The molecule has 0 saturated carbocycles. The van der Waals surface area contributed by atoms with Crippen LogP contribution < -0.4 is 18.5 Å². The third kappa shape index (κ3) is 4.86. The summed E-state index contributed by atoms with van der Waals surface area (Å²) in [7, 11) is 0.369. The summed E-state index contributed by atoms with van der Waals surface area (Å²) >= 11 is 5.85. The number of hydrogen-bond acceptors (Lipinski definition) is 5. The molecule has 0 fully saturated rings. The lowest BCUT2D eigenvalue weighted by atomic mass is 10.2. The number of nitrogens with zero attached hydrogens (tertiary/aromatic N) is 1. The smallest absolute Gasteiger partial charge is 0.264 e. The van der Waals surface area contributed by atoms with Crippen molar-refractivity contribution in [1.29, 1.82) is 0 Å². The summed E-state index contributed by atoms with van der Waals surface area (Å²) < 4.78 is 57.8. The largest absolute Gasteiger partial charge is 0.497 e. The molecule has 9 heteroatoms. The first-order valence-corrected chi connectivity index (χ1v) is 10.9. The first-order chi connectivity index (χ1) is 14.8. The zero-order chi connectivity index (χ0) is 22.6. The standard InChI is InChI=1S/C22H21ClFNO5S/c1-28-17-6-4-5-15(11-17)14-25(16-7-10-21(29-2)22(12-16)30-3)31(26,27)18-8-9-20(24)19(23)13-18/h4-13H,14H2,1-3H3. The van der Waals surface area contributed by atoms with Crippen molar-refractivity contribution in [2.24, 2.45) is 0 Å². The third-order valence-corrected chi connectivity index (χ3v) is 6.65. The Bertz CT molecular complexity index is 1190. The topological polar surface area (TPSA) is 65.1 Å². The molecular formula is C22H21ClFNO5S. The van der Waals surface area contributed by atoms with E-state index in [0.29, 0.717) is 28.5 Å². The van der Waals surface area contributed by atoms with Gasteiger partial charge in [0.15, 0.2) is 11.5 Å². The van der Waals surface area contributed by atoms with Crippen LogP contribution in [-0.2, 0) is 16.6 Å². The van der Waals surface area contributed by atoms with Gasteiger partial charge in [0.1, 0.15) is 11.6 Å². The van der Waals surface area contributed by atoms with Crippen molar-refractivity contribution in [2.45, 2.75) is 11.4 Å². The molecule has 0 amide bonds. The van der Waals surface area contributed by atoms with Crippen LogP contribution in [0.25, 0.3) is 0 Å². The van der Waals surface area contributed by atoms with Crippen molar-refractivity contribution in [3.8, 4) is 17.2 Å². The van der Waals surface area contributed by atoms with Gasteiger partial charge in [-0.15, -0.1) is 0 Å². The van der Waals surface area contributed by atoms with Crippen LogP contribution in [0.1, 0.15) is 5.56 Å². The third-order valence-electron chi connectivity index (χ3n) is 4.59. The van der Waals surface area contributed by atoms with Gasteiger partial charge < -0.3 is 14.2 Å².